The van der Waals surface area contributed by atoms with Crippen LogP contribution in [0.5, 0.6) is 11.5 Å². The zero-order valence-corrected chi connectivity index (χ0v) is 16.5. The van der Waals surface area contributed by atoms with Crippen LogP contribution in [-0.4, -0.2) is 49.6 Å². The summed E-state index contributed by atoms with van der Waals surface area (Å²) in [5.41, 5.74) is 4.33. The molecule has 1 fully saturated rings. The van der Waals surface area contributed by atoms with Crippen LogP contribution in [0.25, 0.3) is 0 Å². The molecule has 0 spiro atoms. The van der Waals surface area contributed by atoms with E-state index in [4.69, 9.17) is 14.2 Å². The summed E-state index contributed by atoms with van der Waals surface area (Å²) in [5, 5.41) is 2.53. The number of esters is 1. The van der Waals surface area contributed by atoms with Gasteiger partial charge in [-0.15, -0.1) is 0 Å². The summed E-state index contributed by atoms with van der Waals surface area (Å²) < 4.78 is 15.7. The Morgan fingerprint density at radius 1 is 0.967 bits per heavy atom. The fourth-order valence-corrected chi connectivity index (χ4v) is 3.26. The minimum atomic E-state index is -0.933. The number of hydrogen-bond donors (Lipinski definition) is 3. The van der Waals surface area contributed by atoms with Crippen LogP contribution in [0.3, 0.4) is 0 Å². The van der Waals surface area contributed by atoms with Gasteiger partial charge >= 0.3 is 5.97 Å². The first-order chi connectivity index (χ1) is 14.5. The molecule has 0 unspecified atom stereocenters. The van der Waals surface area contributed by atoms with Crippen molar-refractivity contribution >= 4 is 23.7 Å². The lowest BCUT2D eigenvalue weighted by molar-refractivity contribution is -0.149. The molecule has 1 aliphatic carbocycles. The van der Waals surface area contributed by atoms with E-state index in [9.17, 15) is 19.2 Å². The molecule has 0 aromatic heterocycles. The molecule has 0 radical (unpaired) electrons. The largest absolute Gasteiger partial charge is 0.485 e. The number of amides is 3. The van der Waals surface area contributed by atoms with Gasteiger partial charge in [0.15, 0.2) is 18.1 Å². The minimum Gasteiger partial charge on any atom is -0.485 e. The van der Waals surface area contributed by atoms with Crippen LogP contribution in [0.15, 0.2) is 24.3 Å². The quantitative estimate of drug-likeness (QED) is 0.444. The minimum absolute atomic E-state index is 0.00556. The molecule has 10 heteroatoms. The van der Waals surface area contributed by atoms with E-state index >= 15 is 0 Å². The summed E-state index contributed by atoms with van der Waals surface area (Å²) >= 11 is 0. The third-order valence-electron chi connectivity index (χ3n) is 4.87. The van der Waals surface area contributed by atoms with Crippen molar-refractivity contribution in [1.29, 1.82) is 0 Å². The van der Waals surface area contributed by atoms with E-state index in [1.165, 1.54) is 0 Å². The molecule has 1 aromatic carbocycles. The van der Waals surface area contributed by atoms with Gasteiger partial charge in [0.2, 0.25) is 12.0 Å². The first-order valence-corrected chi connectivity index (χ1v) is 9.93. The smallest absolute Gasteiger partial charge is 0.325 e. The van der Waals surface area contributed by atoms with Gasteiger partial charge in [-0.2, -0.15) is 0 Å². The van der Waals surface area contributed by atoms with E-state index in [0.29, 0.717) is 11.5 Å². The Balaban J connectivity index is 1.30. The predicted molar refractivity (Wildman–Crippen MR) is 103 cm³/mol. The number of fused-ring (bicyclic) bond motifs is 1. The number of ether oxygens (including phenoxy) is 3. The van der Waals surface area contributed by atoms with E-state index in [1.807, 2.05) is 0 Å². The lowest BCUT2D eigenvalue weighted by Gasteiger charge is -2.25. The Morgan fingerprint density at radius 2 is 1.70 bits per heavy atom. The molecule has 1 heterocycles. The Kier molecular flexibility index (Phi) is 7.47. The fraction of sp³-hybridized carbons (Fsp3) is 0.500. The SMILES string of the molecule is O=C(COC(=O)CNC(=O)C1CCCCC1)NNC(=O)[C@@H]1COc2ccccc2O1. The molecule has 3 N–H and O–H groups in total. The van der Waals surface area contributed by atoms with Gasteiger partial charge in [0.25, 0.3) is 11.8 Å². The number of nitrogens with one attached hydrogen (secondary N) is 3. The van der Waals surface area contributed by atoms with Gasteiger partial charge < -0.3 is 19.5 Å². The average Bonchev–Trinajstić information content (AvgIpc) is 2.79. The molecule has 1 aliphatic heterocycles. The van der Waals surface area contributed by atoms with Gasteiger partial charge in [-0.3, -0.25) is 30.0 Å². The predicted octanol–water partition coefficient (Wildman–Crippen LogP) is 0.214. The molecular formula is C20H25N3O7. The molecule has 0 bridgehead atoms. The van der Waals surface area contributed by atoms with Gasteiger partial charge in [-0.1, -0.05) is 31.4 Å². The van der Waals surface area contributed by atoms with Gasteiger partial charge in [-0.25, -0.2) is 0 Å². The maximum atomic E-state index is 12.1. The molecule has 1 atom stereocenters. The van der Waals surface area contributed by atoms with Crippen LogP contribution in [0.4, 0.5) is 0 Å². The summed E-state index contributed by atoms with van der Waals surface area (Å²) in [6.07, 6.45) is 3.87. The number of carbonyl (C=O) groups excluding carboxylic acids is 4. The van der Waals surface area contributed by atoms with E-state index in [1.54, 1.807) is 24.3 Å². The molecule has 1 aromatic rings. The van der Waals surface area contributed by atoms with Gasteiger partial charge in [-0.05, 0) is 25.0 Å². The number of para-hydroxylation sites is 2. The van der Waals surface area contributed by atoms with Gasteiger partial charge in [0.05, 0.1) is 0 Å². The van der Waals surface area contributed by atoms with Crippen LogP contribution < -0.4 is 25.6 Å². The van der Waals surface area contributed by atoms with Crippen LogP contribution in [0.2, 0.25) is 0 Å². The Hall–Kier alpha value is -3.30. The van der Waals surface area contributed by atoms with Crippen molar-refractivity contribution in [3.8, 4) is 11.5 Å². The molecule has 10 nitrogen and oxygen atoms in total. The van der Waals surface area contributed by atoms with Crippen molar-refractivity contribution in [1.82, 2.24) is 16.2 Å². The molecule has 30 heavy (non-hydrogen) atoms. The van der Waals surface area contributed by atoms with Crippen LogP contribution in [-0.2, 0) is 23.9 Å². The number of hydrazine groups is 1. The van der Waals surface area contributed by atoms with Crippen molar-refractivity contribution in [3.63, 3.8) is 0 Å². The molecule has 2 aliphatic rings. The highest BCUT2D eigenvalue weighted by atomic mass is 16.6. The zero-order chi connectivity index (χ0) is 21.3. The maximum Gasteiger partial charge on any atom is 0.325 e. The fourth-order valence-electron chi connectivity index (χ4n) is 3.26. The van der Waals surface area contributed by atoms with E-state index in [-0.39, 0.29) is 25.0 Å². The van der Waals surface area contributed by atoms with Crippen molar-refractivity contribution in [2.24, 2.45) is 5.92 Å². The second kappa shape index (κ2) is 10.5. The highest BCUT2D eigenvalue weighted by molar-refractivity contribution is 5.87. The van der Waals surface area contributed by atoms with E-state index in [2.05, 4.69) is 16.2 Å². The standard InChI is InChI=1S/C20H25N3O7/c24-17(12-29-18(25)10-21-19(26)13-6-2-1-3-7-13)22-23-20(27)16-11-28-14-8-4-5-9-15(14)30-16/h4-5,8-9,13,16H,1-3,6-7,10-12H2,(H,21,26)(H,22,24)(H,23,27)/t16-/m0/s1. The molecule has 3 rings (SSSR count). The third-order valence-corrected chi connectivity index (χ3v) is 4.87. The van der Waals surface area contributed by atoms with Crippen molar-refractivity contribution in [2.45, 2.75) is 38.2 Å². The first-order valence-electron chi connectivity index (χ1n) is 9.93. The van der Waals surface area contributed by atoms with Crippen LogP contribution in [0, 0.1) is 5.92 Å². The lowest BCUT2D eigenvalue weighted by Crippen LogP contribution is -2.51. The highest BCUT2D eigenvalue weighted by Crippen LogP contribution is 2.30. The van der Waals surface area contributed by atoms with Gasteiger partial charge in [0.1, 0.15) is 13.2 Å². The molecule has 1 saturated carbocycles. The average molecular weight is 419 g/mol. The number of benzene rings is 1. The second-order valence-electron chi connectivity index (χ2n) is 7.12. The number of carbonyl (C=O) groups is 4. The summed E-state index contributed by atoms with van der Waals surface area (Å²) in [7, 11) is 0. The van der Waals surface area contributed by atoms with Crippen LogP contribution >= 0.6 is 0 Å². The lowest BCUT2D eigenvalue weighted by atomic mass is 9.89. The topological polar surface area (TPSA) is 132 Å². The monoisotopic (exact) mass is 419 g/mol. The molecule has 0 saturated heterocycles. The Morgan fingerprint density at radius 3 is 2.47 bits per heavy atom. The first kappa shape index (κ1) is 21.4. The number of hydrogen-bond acceptors (Lipinski definition) is 7. The Bertz CT molecular complexity index is 792. The molecule has 162 valence electrons. The zero-order valence-electron chi connectivity index (χ0n) is 16.5. The third kappa shape index (κ3) is 6.10. The van der Waals surface area contributed by atoms with Crippen LogP contribution in [0.1, 0.15) is 32.1 Å². The van der Waals surface area contributed by atoms with Crippen molar-refractivity contribution in [2.75, 3.05) is 19.8 Å². The highest BCUT2D eigenvalue weighted by Gasteiger charge is 2.27. The van der Waals surface area contributed by atoms with Gasteiger partial charge in [0, 0.05) is 5.92 Å². The van der Waals surface area contributed by atoms with Crippen molar-refractivity contribution in [3.05, 3.63) is 24.3 Å². The summed E-state index contributed by atoms with van der Waals surface area (Å²) in [6.45, 7) is -0.903. The second-order valence-corrected chi connectivity index (χ2v) is 7.12. The number of rotatable bonds is 6. The van der Waals surface area contributed by atoms with Crippen molar-refractivity contribution < 1.29 is 33.4 Å². The summed E-state index contributed by atoms with van der Waals surface area (Å²) in [5.74, 6) is -1.34. The van der Waals surface area contributed by atoms with E-state index in [0.717, 1.165) is 32.1 Å². The molecular weight excluding hydrogens is 394 g/mol. The van der Waals surface area contributed by atoms with E-state index < -0.39 is 30.5 Å². The normalized spacial score (nSPS) is 18.1. The maximum absolute atomic E-state index is 12.1. The summed E-state index contributed by atoms with van der Waals surface area (Å²) in [6, 6.07) is 6.92. The Labute approximate surface area is 173 Å². The summed E-state index contributed by atoms with van der Waals surface area (Å²) in [4.78, 5) is 47.5. The molecule has 3 amide bonds.